The molecule has 0 aliphatic heterocycles. The molecule has 1 aromatic heterocycles. The first-order valence-corrected chi connectivity index (χ1v) is 7.40. The van der Waals surface area contributed by atoms with E-state index >= 15 is 0 Å². The molecule has 23 heavy (non-hydrogen) atoms. The number of H-pyrrole nitrogens is 1. The molecule has 0 aliphatic rings. The quantitative estimate of drug-likeness (QED) is 0.714. The van der Waals surface area contributed by atoms with Gasteiger partial charge < -0.3 is 10.1 Å². The van der Waals surface area contributed by atoms with Crippen molar-refractivity contribution in [1.82, 2.24) is 9.97 Å². The van der Waals surface area contributed by atoms with Crippen LogP contribution in [0.5, 0.6) is 0 Å². The van der Waals surface area contributed by atoms with Gasteiger partial charge in [-0.2, -0.15) is 0 Å². The average Bonchev–Trinajstić information content (AvgIpc) is 2.88. The maximum atomic E-state index is 11.1. The monoisotopic (exact) mass is 350 g/mol. The van der Waals surface area contributed by atoms with Crippen molar-refractivity contribution in [2.75, 3.05) is 0 Å². The number of fused-ring (bicyclic) bond motifs is 1. The van der Waals surface area contributed by atoms with Crippen LogP contribution in [0.4, 0.5) is 0 Å². The molecule has 0 spiro atoms. The summed E-state index contributed by atoms with van der Waals surface area (Å²) < 4.78 is 0. The predicted molar refractivity (Wildman–Crippen MR) is 93.5 cm³/mol. The number of rotatable bonds is 5. The molecule has 1 atom stereocenters. The summed E-state index contributed by atoms with van der Waals surface area (Å²) in [6, 6.07) is 15.1. The minimum Gasteiger partial charge on any atom is -0.481 e. The molecule has 6 heteroatoms. The number of benzene rings is 2. The van der Waals surface area contributed by atoms with Crippen LogP contribution in [-0.4, -0.2) is 21.0 Å². The summed E-state index contributed by atoms with van der Waals surface area (Å²) in [5.74, 6) is -0.157. The largest absolute Gasteiger partial charge is 0.481 e. The first-order valence-electron chi connectivity index (χ1n) is 7.02. The van der Waals surface area contributed by atoms with E-state index < -0.39 is 5.97 Å². The van der Waals surface area contributed by atoms with Crippen LogP contribution in [0.25, 0.3) is 11.0 Å². The summed E-state index contributed by atoms with van der Waals surface area (Å²) in [6.45, 7) is 0. The van der Waals surface area contributed by atoms with Gasteiger partial charge in [0.05, 0.1) is 17.5 Å². The van der Waals surface area contributed by atoms with Gasteiger partial charge in [0.1, 0.15) is 5.82 Å². The number of nitrogens with one attached hydrogen (secondary N) is 1. The minimum atomic E-state index is -0.812. The third-order valence-corrected chi connectivity index (χ3v) is 3.86. The number of hydrogen-bond donors (Lipinski definition) is 2. The minimum absolute atomic E-state index is 0. The second-order valence-corrected chi connectivity index (χ2v) is 5.69. The summed E-state index contributed by atoms with van der Waals surface area (Å²) in [5.41, 5.74) is 2.70. The number of hydrogen-bond acceptors (Lipinski definition) is 2. The van der Waals surface area contributed by atoms with Gasteiger partial charge in [-0.15, -0.1) is 12.4 Å². The van der Waals surface area contributed by atoms with E-state index in [4.69, 9.17) is 16.7 Å². The molecule has 2 N–H and O–H groups in total. The second-order valence-electron chi connectivity index (χ2n) is 5.25. The first kappa shape index (κ1) is 17.3. The topological polar surface area (TPSA) is 66.0 Å². The number of aliphatic carboxylic acids is 1. The van der Waals surface area contributed by atoms with Crippen LogP contribution in [0, 0.1) is 0 Å². The van der Waals surface area contributed by atoms with Crippen molar-refractivity contribution in [3.05, 3.63) is 64.9 Å². The van der Waals surface area contributed by atoms with E-state index in [1.165, 1.54) is 0 Å². The fourth-order valence-corrected chi connectivity index (χ4v) is 2.77. The van der Waals surface area contributed by atoms with Crippen LogP contribution < -0.4 is 0 Å². The highest BCUT2D eigenvalue weighted by atomic mass is 35.5. The molecule has 1 heterocycles. The van der Waals surface area contributed by atoms with Gasteiger partial charge in [0.15, 0.2) is 0 Å². The highest BCUT2D eigenvalue weighted by Crippen LogP contribution is 2.25. The number of carboxylic acids is 1. The zero-order valence-electron chi connectivity index (χ0n) is 12.2. The van der Waals surface area contributed by atoms with Gasteiger partial charge in [0.2, 0.25) is 0 Å². The van der Waals surface area contributed by atoms with Crippen molar-refractivity contribution in [2.24, 2.45) is 0 Å². The number of halogens is 2. The van der Waals surface area contributed by atoms with E-state index in [1.807, 2.05) is 36.4 Å². The summed E-state index contributed by atoms with van der Waals surface area (Å²) in [4.78, 5) is 18.9. The average molecular weight is 351 g/mol. The molecular formula is C17H16Cl2N2O2. The predicted octanol–water partition coefficient (Wildman–Crippen LogP) is 4.44. The smallest absolute Gasteiger partial charge is 0.303 e. The summed E-state index contributed by atoms with van der Waals surface area (Å²) >= 11 is 5.97. The number of aromatic amines is 1. The maximum absolute atomic E-state index is 11.1. The lowest BCUT2D eigenvalue weighted by Crippen LogP contribution is -2.10. The molecule has 2 aromatic carbocycles. The lowest BCUT2D eigenvalue weighted by Gasteiger charge is -2.13. The van der Waals surface area contributed by atoms with Gasteiger partial charge in [0, 0.05) is 17.4 Å². The lowest BCUT2D eigenvalue weighted by atomic mass is 9.92. The van der Waals surface area contributed by atoms with E-state index in [0.717, 1.165) is 22.4 Å². The van der Waals surface area contributed by atoms with E-state index in [2.05, 4.69) is 9.97 Å². The number of imidazole rings is 1. The molecule has 1 unspecified atom stereocenters. The number of aromatic nitrogens is 2. The Kier molecular flexibility index (Phi) is 5.64. The van der Waals surface area contributed by atoms with Crippen LogP contribution in [0.15, 0.2) is 48.5 Å². The fraction of sp³-hybridized carbons (Fsp3) is 0.176. The molecule has 0 bridgehead atoms. The Hall–Kier alpha value is -2.04. The van der Waals surface area contributed by atoms with Crippen LogP contribution in [0.2, 0.25) is 5.02 Å². The van der Waals surface area contributed by atoms with Gasteiger partial charge >= 0.3 is 5.97 Å². The van der Waals surface area contributed by atoms with E-state index in [0.29, 0.717) is 11.4 Å². The standard InChI is InChI=1S/C17H15ClN2O2.ClH/c18-13-6-7-14-15(10-13)20-16(19-14)8-12(9-17(21)22)11-4-2-1-3-5-11;/h1-7,10,12H,8-9H2,(H,19,20)(H,21,22);1H. The normalized spacial score (nSPS) is 11.9. The fourth-order valence-electron chi connectivity index (χ4n) is 2.61. The van der Waals surface area contributed by atoms with Crippen molar-refractivity contribution in [1.29, 1.82) is 0 Å². The number of carboxylic acid groups (broad SMARTS) is 1. The highest BCUT2D eigenvalue weighted by Gasteiger charge is 2.18. The Morgan fingerprint density at radius 3 is 2.65 bits per heavy atom. The van der Waals surface area contributed by atoms with Gasteiger partial charge in [-0.25, -0.2) is 4.98 Å². The first-order chi connectivity index (χ1) is 10.6. The number of nitrogens with zero attached hydrogens (tertiary/aromatic N) is 1. The zero-order chi connectivity index (χ0) is 15.5. The number of carbonyl (C=O) groups is 1. The summed E-state index contributed by atoms with van der Waals surface area (Å²) in [7, 11) is 0. The molecule has 0 radical (unpaired) electrons. The van der Waals surface area contributed by atoms with E-state index in [9.17, 15) is 4.79 Å². The molecule has 3 rings (SSSR count). The van der Waals surface area contributed by atoms with E-state index in [1.54, 1.807) is 12.1 Å². The Bertz CT molecular complexity index is 803. The molecule has 0 saturated heterocycles. The van der Waals surface area contributed by atoms with Crippen molar-refractivity contribution >= 4 is 41.0 Å². The lowest BCUT2D eigenvalue weighted by molar-refractivity contribution is -0.137. The van der Waals surface area contributed by atoms with Crippen LogP contribution >= 0.6 is 24.0 Å². The van der Waals surface area contributed by atoms with Crippen LogP contribution in [-0.2, 0) is 11.2 Å². The third-order valence-electron chi connectivity index (χ3n) is 3.63. The van der Waals surface area contributed by atoms with Crippen molar-refractivity contribution in [2.45, 2.75) is 18.8 Å². The Labute approximate surface area is 144 Å². The molecule has 0 fully saturated rings. The van der Waals surface area contributed by atoms with Crippen molar-refractivity contribution < 1.29 is 9.90 Å². The van der Waals surface area contributed by atoms with Gasteiger partial charge in [0.25, 0.3) is 0 Å². The Balaban J connectivity index is 0.00000192. The van der Waals surface area contributed by atoms with Crippen LogP contribution in [0.3, 0.4) is 0 Å². The second kappa shape index (κ2) is 7.49. The summed E-state index contributed by atoms with van der Waals surface area (Å²) in [6.07, 6.45) is 0.616. The molecular weight excluding hydrogens is 335 g/mol. The zero-order valence-corrected chi connectivity index (χ0v) is 13.8. The van der Waals surface area contributed by atoms with E-state index in [-0.39, 0.29) is 24.7 Å². The molecule has 3 aromatic rings. The van der Waals surface area contributed by atoms with Crippen molar-refractivity contribution in [3.8, 4) is 0 Å². The van der Waals surface area contributed by atoms with Crippen LogP contribution in [0.1, 0.15) is 23.7 Å². The highest BCUT2D eigenvalue weighted by molar-refractivity contribution is 6.31. The summed E-state index contributed by atoms with van der Waals surface area (Å²) in [5, 5.41) is 9.79. The van der Waals surface area contributed by atoms with Gasteiger partial charge in [-0.1, -0.05) is 41.9 Å². The molecule has 0 saturated carbocycles. The molecule has 0 amide bonds. The van der Waals surface area contributed by atoms with Gasteiger partial charge in [-0.3, -0.25) is 4.79 Å². The molecule has 120 valence electrons. The SMILES string of the molecule is Cl.O=C(O)CC(Cc1nc2cc(Cl)ccc2[nH]1)c1ccccc1. The molecule has 4 nitrogen and oxygen atoms in total. The third kappa shape index (κ3) is 4.24. The van der Waals surface area contributed by atoms with Gasteiger partial charge in [-0.05, 0) is 23.8 Å². The Morgan fingerprint density at radius 2 is 1.96 bits per heavy atom. The Morgan fingerprint density at radius 1 is 1.22 bits per heavy atom. The maximum Gasteiger partial charge on any atom is 0.303 e. The van der Waals surface area contributed by atoms with Crippen molar-refractivity contribution in [3.63, 3.8) is 0 Å². The molecule has 0 aliphatic carbocycles.